The number of hydrogen-bond donors (Lipinski definition) is 0. The maximum absolute atomic E-state index is 12.9. The summed E-state index contributed by atoms with van der Waals surface area (Å²) in [7, 11) is 0. The van der Waals surface area contributed by atoms with Crippen molar-refractivity contribution in [3.63, 3.8) is 0 Å². The van der Waals surface area contributed by atoms with Crippen LogP contribution in [0.5, 0.6) is 0 Å². The van der Waals surface area contributed by atoms with E-state index in [0.29, 0.717) is 31.9 Å². The molecule has 3 rings (SSSR count). The van der Waals surface area contributed by atoms with Gasteiger partial charge < -0.3 is 14.4 Å². The molecule has 1 heterocycles. The lowest BCUT2D eigenvalue weighted by molar-refractivity contribution is -0.145. The average Bonchev–Trinajstić information content (AvgIpc) is 2.72. The molecule has 2 aromatic rings. The average molecular weight is 393 g/mol. The second kappa shape index (κ2) is 8.43. The molecule has 2 aromatic carbocycles. The van der Waals surface area contributed by atoms with Crippen LogP contribution in [0, 0.1) is 0 Å². The molecule has 1 amide bonds. The third-order valence-corrected chi connectivity index (χ3v) is 4.32. The summed E-state index contributed by atoms with van der Waals surface area (Å²) in [6.45, 7) is 1.53. The Bertz CT molecular complexity index is 816. The molecule has 1 fully saturated rings. The van der Waals surface area contributed by atoms with E-state index in [0.717, 1.165) is 24.3 Å². The standard InChI is InChI=1S/C20H18F3NO4/c21-20(22,23)16-8-6-15(7-9-16)19(26)28-17(14-4-2-1-3-5-14)18(25)24-10-12-27-13-11-24/h1-9,17H,10-13H2/t17-/m1/s1. The second-order valence-corrected chi connectivity index (χ2v) is 6.21. The van der Waals surface area contributed by atoms with Crippen molar-refractivity contribution >= 4 is 11.9 Å². The number of rotatable bonds is 4. The van der Waals surface area contributed by atoms with Gasteiger partial charge in [-0.05, 0) is 24.3 Å². The number of carbonyl (C=O) groups excluding carboxylic acids is 2. The first-order valence-corrected chi connectivity index (χ1v) is 8.66. The number of ether oxygens (including phenoxy) is 2. The van der Waals surface area contributed by atoms with Crippen LogP contribution in [0.4, 0.5) is 13.2 Å². The molecule has 0 bridgehead atoms. The van der Waals surface area contributed by atoms with Crippen LogP contribution >= 0.6 is 0 Å². The zero-order chi connectivity index (χ0) is 20.1. The monoisotopic (exact) mass is 393 g/mol. The molecule has 1 atom stereocenters. The zero-order valence-electron chi connectivity index (χ0n) is 14.8. The van der Waals surface area contributed by atoms with E-state index in [1.165, 1.54) is 0 Å². The fourth-order valence-corrected chi connectivity index (χ4v) is 2.81. The number of carbonyl (C=O) groups is 2. The number of halogens is 3. The molecule has 148 valence electrons. The maximum atomic E-state index is 12.9. The highest BCUT2D eigenvalue weighted by Crippen LogP contribution is 2.29. The summed E-state index contributed by atoms with van der Waals surface area (Å²) < 4.78 is 48.7. The number of benzene rings is 2. The van der Waals surface area contributed by atoms with E-state index in [2.05, 4.69) is 0 Å². The minimum absolute atomic E-state index is 0.0660. The number of morpholine rings is 1. The van der Waals surface area contributed by atoms with Gasteiger partial charge in [0.2, 0.25) is 6.10 Å². The van der Waals surface area contributed by atoms with Crippen molar-refractivity contribution in [1.29, 1.82) is 0 Å². The third kappa shape index (κ3) is 4.69. The Labute approximate surface area is 159 Å². The Morgan fingerprint density at radius 1 is 0.964 bits per heavy atom. The van der Waals surface area contributed by atoms with Gasteiger partial charge in [-0.3, -0.25) is 4.79 Å². The molecule has 0 spiro atoms. The summed E-state index contributed by atoms with van der Waals surface area (Å²) >= 11 is 0. The van der Waals surface area contributed by atoms with Crippen LogP contribution in [0.25, 0.3) is 0 Å². The van der Waals surface area contributed by atoms with Crippen molar-refractivity contribution in [2.24, 2.45) is 0 Å². The van der Waals surface area contributed by atoms with E-state index in [9.17, 15) is 22.8 Å². The van der Waals surface area contributed by atoms with E-state index in [4.69, 9.17) is 9.47 Å². The molecule has 1 saturated heterocycles. The van der Waals surface area contributed by atoms with Gasteiger partial charge in [-0.15, -0.1) is 0 Å². The van der Waals surface area contributed by atoms with Crippen molar-refractivity contribution in [1.82, 2.24) is 4.90 Å². The first kappa shape index (κ1) is 19.9. The van der Waals surface area contributed by atoms with Crippen LogP contribution in [0.1, 0.15) is 27.6 Å². The molecular weight excluding hydrogens is 375 g/mol. The lowest BCUT2D eigenvalue weighted by Gasteiger charge is -2.30. The quantitative estimate of drug-likeness (QED) is 0.747. The molecule has 0 saturated carbocycles. The van der Waals surface area contributed by atoms with Crippen molar-refractivity contribution in [2.45, 2.75) is 12.3 Å². The number of nitrogens with zero attached hydrogens (tertiary/aromatic N) is 1. The van der Waals surface area contributed by atoms with Gasteiger partial charge in [-0.25, -0.2) is 4.79 Å². The molecule has 8 heteroatoms. The number of esters is 1. The van der Waals surface area contributed by atoms with Gasteiger partial charge in [-0.1, -0.05) is 30.3 Å². The fraction of sp³-hybridized carbons (Fsp3) is 0.300. The molecule has 0 aromatic heterocycles. The molecule has 1 aliphatic heterocycles. The van der Waals surface area contributed by atoms with Crippen molar-refractivity contribution in [3.8, 4) is 0 Å². The predicted molar refractivity (Wildman–Crippen MR) is 93.4 cm³/mol. The largest absolute Gasteiger partial charge is 0.444 e. The van der Waals surface area contributed by atoms with E-state index >= 15 is 0 Å². The summed E-state index contributed by atoms with van der Waals surface area (Å²) in [6, 6.07) is 12.2. The van der Waals surface area contributed by atoms with Gasteiger partial charge in [0.25, 0.3) is 5.91 Å². The third-order valence-electron chi connectivity index (χ3n) is 4.32. The Kier molecular flexibility index (Phi) is 5.99. The Morgan fingerprint density at radius 2 is 1.57 bits per heavy atom. The highest BCUT2D eigenvalue weighted by atomic mass is 19.4. The minimum atomic E-state index is -4.50. The second-order valence-electron chi connectivity index (χ2n) is 6.21. The highest BCUT2D eigenvalue weighted by Gasteiger charge is 2.32. The van der Waals surface area contributed by atoms with Gasteiger partial charge >= 0.3 is 12.1 Å². The van der Waals surface area contributed by atoms with E-state index < -0.39 is 29.7 Å². The smallest absolute Gasteiger partial charge is 0.416 e. The van der Waals surface area contributed by atoms with Gasteiger partial charge in [0.15, 0.2) is 0 Å². The Balaban J connectivity index is 1.80. The number of hydrogen-bond acceptors (Lipinski definition) is 4. The van der Waals surface area contributed by atoms with Crippen LogP contribution in [0.3, 0.4) is 0 Å². The topological polar surface area (TPSA) is 55.8 Å². The molecule has 28 heavy (non-hydrogen) atoms. The molecule has 0 N–H and O–H groups in total. The molecular formula is C20H18F3NO4. The van der Waals surface area contributed by atoms with Gasteiger partial charge in [0, 0.05) is 18.7 Å². The van der Waals surface area contributed by atoms with Crippen LogP contribution in [0.2, 0.25) is 0 Å². The molecule has 0 radical (unpaired) electrons. The van der Waals surface area contributed by atoms with Crippen LogP contribution in [-0.4, -0.2) is 43.1 Å². The van der Waals surface area contributed by atoms with Gasteiger partial charge in [-0.2, -0.15) is 13.2 Å². The maximum Gasteiger partial charge on any atom is 0.416 e. The lowest BCUT2D eigenvalue weighted by Crippen LogP contribution is -2.44. The van der Waals surface area contributed by atoms with Crippen molar-refractivity contribution in [2.75, 3.05) is 26.3 Å². The van der Waals surface area contributed by atoms with E-state index in [-0.39, 0.29) is 5.56 Å². The summed E-state index contributed by atoms with van der Waals surface area (Å²) in [5, 5.41) is 0. The summed E-state index contributed by atoms with van der Waals surface area (Å²) in [5.74, 6) is -1.26. The van der Waals surface area contributed by atoms with Crippen molar-refractivity contribution < 1.29 is 32.2 Å². The van der Waals surface area contributed by atoms with Gasteiger partial charge in [0.05, 0.1) is 24.3 Å². The Hall–Kier alpha value is -2.87. The van der Waals surface area contributed by atoms with Crippen LogP contribution in [0.15, 0.2) is 54.6 Å². The number of alkyl halides is 3. The summed E-state index contributed by atoms with van der Waals surface area (Å²) in [4.78, 5) is 26.9. The molecule has 5 nitrogen and oxygen atoms in total. The molecule has 1 aliphatic rings. The van der Waals surface area contributed by atoms with E-state index in [1.807, 2.05) is 0 Å². The van der Waals surface area contributed by atoms with Crippen molar-refractivity contribution in [3.05, 3.63) is 71.3 Å². The fourth-order valence-electron chi connectivity index (χ4n) is 2.81. The summed E-state index contributed by atoms with van der Waals surface area (Å²) in [6.07, 6.45) is -5.68. The first-order chi connectivity index (χ1) is 13.4. The molecule has 0 aliphatic carbocycles. The lowest BCUT2D eigenvalue weighted by atomic mass is 10.1. The highest BCUT2D eigenvalue weighted by molar-refractivity contribution is 5.92. The van der Waals surface area contributed by atoms with Crippen LogP contribution < -0.4 is 0 Å². The summed E-state index contributed by atoms with van der Waals surface area (Å²) in [5.41, 5.74) is -0.448. The van der Waals surface area contributed by atoms with E-state index in [1.54, 1.807) is 35.2 Å². The minimum Gasteiger partial charge on any atom is -0.444 e. The zero-order valence-corrected chi connectivity index (χ0v) is 14.8. The SMILES string of the molecule is O=C(O[C@@H](C(=O)N1CCOCC1)c1ccccc1)c1ccc(C(F)(F)F)cc1. The first-order valence-electron chi connectivity index (χ1n) is 8.66. The van der Waals surface area contributed by atoms with Gasteiger partial charge in [0.1, 0.15) is 0 Å². The number of amides is 1. The predicted octanol–water partition coefficient (Wildman–Crippen LogP) is 3.46. The Morgan fingerprint density at radius 3 is 2.14 bits per heavy atom. The van der Waals surface area contributed by atoms with Crippen LogP contribution in [-0.2, 0) is 20.4 Å². The normalized spacial score (nSPS) is 15.8. The molecule has 0 unspecified atom stereocenters.